The molecule has 0 aliphatic rings. The second-order valence-corrected chi connectivity index (χ2v) is 6.30. The fraction of sp³-hybridized carbons (Fsp3) is 0.222. The van der Waals surface area contributed by atoms with Gasteiger partial charge in [0.25, 0.3) is 0 Å². The van der Waals surface area contributed by atoms with Gasteiger partial charge in [0.2, 0.25) is 0 Å². The van der Waals surface area contributed by atoms with Crippen LogP contribution in [0.2, 0.25) is 5.02 Å². The summed E-state index contributed by atoms with van der Waals surface area (Å²) in [5, 5.41) is 9.31. The summed E-state index contributed by atoms with van der Waals surface area (Å²) in [5.41, 5.74) is 5.78. The lowest BCUT2D eigenvalue weighted by Crippen LogP contribution is -2.05. The van der Waals surface area contributed by atoms with Crippen molar-refractivity contribution in [3.05, 3.63) is 46.7 Å². The van der Waals surface area contributed by atoms with Crippen LogP contribution in [0.5, 0.6) is 0 Å². The molecule has 0 radical (unpaired) electrons. The van der Waals surface area contributed by atoms with Gasteiger partial charge in [-0.15, -0.1) is 0 Å². The first-order valence-corrected chi connectivity index (χ1v) is 8.39. The minimum Gasteiger partial charge on any atom is -0.481 e. The lowest BCUT2D eigenvalue weighted by atomic mass is 10.0. The lowest BCUT2D eigenvalue weighted by Gasteiger charge is -2.12. The number of hydrogen-bond donors (Lipinski definition) is 3. The van der Waals surface area contributed by atoms with Gasteiger partial charge in [0.05, 0.1) is 21.9 Å². The highest BCUT2D eigenvalue weighted by Gasteiger charge is 2.21. The number of aromatic nitrogens is 2. The van der Waals surface area contributed by atoms with Crippen LogP contribution in [0.25, 0.3) is 22.2 Å². The zero-order valence-electron chi connectivity index (χ0n) is 13.7. The van der Waals surface area contributed by atoms with Crippen LogP contribution in [0.1, 0.15) is 25.0 Å². The number of halogens is 3. The second kappa shape index (κ2) is 7.29. The minimum atomic E-state index is -0.898. The van der Waals surface area contributed by atoms with E-state index >= 15 is 0 Å². The summed E-state index contributed by atoms with van der Waals surface area (Å²) < 4.78 is 29.4. The highest BCUT2D eigenvalue weighted by Crippen LogP contribution is 2.35. The molecule has 0 unspecified atom stereocenters. The third kappa shape index (κ3) is 3.35. The van der Waals surface area contributed by atoms with Crippen LogP contribution in [0.3, 0.4) is 0 Å². The number of carboxylic acid groups (broad SMARTS) is 1. The number of rotatable bonds is 6. The average molecular weight is 380 g/mol. The number of benzene rings is 1. The highest BCUT2D eigenvalue weighted by atomic mass is 35.5. The first-order valence-electron chi connectivity index (χ1n) is 8.01. The molecule has 26 heavy (non-hydrogen) atoms. The van der Waals surface area contributed by atoms with Crippen molar-refractivity contribution in [2.75, 3.05) is 5.73 Å². The molecular formula is C18H16ClF2N3O2. The van der Waals surface area contributed by atoms with Crippen molar-refractivity contribution in [3.63, 3.8) is 0 Å². The number of aromatic amines is 1. The lowest BCUT2D eigenvalue weighted by molar-refractivity contribution is -0.137. The Labute approximate surface area is 152 Å². The summed E-state index contributed by atoms with van der Waals surface area (Å²) in [7, 11) is 0. The molecule has 2 aromatic heterocycles. The van der Waals surface area contributed by atoms with Gasteiger partial charge in [0.15, 0.2) is 11.6 Å². The van der Waals surface area contributed by atoms with Crippen molar-refractivity contribution in [1.82, 2.24) is 9.97 Å². The predicted octanol–water partition coefficient (Wildman–Crippen LogP) is 4.54. The van der Waals surface area contributed by atoms with Crippen molar-refractivity contribution >= 4 is 34.2 Å². The molecule has 0 atom stereocenters. The fourth-order valence-electron chi connectivity index (χ4n) is 2.80. The number of unbranched alkanes of at least 4 members (excludes halogenated alkanes) is 1. The smallest absolute Gasteiger partial charge is 0.303 e. The number of anilines is 1. The van der Waals surface area contributed by atoms with E-state index in [1.807, 2.05) is 0 Å². The summed E-state index contributed by atoms with van der Waals surface area (Å²) in [6, 6.07) is 4.80. The SMILES string of the molecule is Nc1c(F)c(-c2ccc3cc[nH]c3c2F)nc(CCCCC(=O)O)c1Cl. The van der Waals surface area contributed by atoms with Crippen LogP contribution in [-0.4, -0.2) is 21.0 Å². The third-order valence-electron chi connectivity index (χ3n) is 4.16. The normalized spacial score (nSPS) is 11.2. The van der Waals surface area contributed by atoms with Crippen molar-refractivity contribution in [3.8, 4) is 11.3 Å². The number of nitrogens with one attached hydrogen (secondary N) is 1. The van der Waals surface area contributed by atoms with Gasteiger partial charge in [-0.1, -0.05) is 17.7 Å². The van der Waals surface area contributed by atoms with Crippen LogP contribution in [0, 0.1) is 11.6 Å². The Morgan fingerprint density at radius 2 is 2.00 bits per heavy atom. The number of nitrogens with two attached hydrogens (primary N) is 1. The molecule has 1 aromatic carbocycles. The molecule has 3 rings (SSSR count). The Bertz CT molecular complexity index is 988. The highest BCUT2D eigenvalue weighted by molar-refractivity contribution is 6.33. The fourth-order valence-corrected chi connectivity index (χ4v) is 3.02. The van der Waals surface area contributed by atoms with Crippen molar-refractivity contribution in [2.45, 2.75) is 25.7 Å². The molecule has 0 saturated heterocycles. The summed E-state index contributed by atoms with van der Waals surface area (Å²) in [6.45, 7) is 0. The number of carbonyl (C=O) groups is 1. The topological polar surface area (TPSA) is 92.0 Å². The van der Waals surface area contributed by atoms with Crippen molar-refractivity contribution in [1.29, 1.82) is 0 Å². The first-order chi connectivity index (χ1) is 12.4. The summed E-state index contributed by atoms with van der Waals surface area (Å²) in [6.07, 6.45) is 2.82. The van der Waals surface area contributed by atoms with Gasteiger partial charge < -0.3 is 15.8 Å². The quantitative estimate of drug-likeness (QED) is 0.548. The number of pyridine rings is 1. The largest absolute Gasteiger partial charge is 0.481 e. The summed E-state index contributed by atoms with van der Waals surface area (Å²) >= 11 is 6.07. The van der Waals surface area contributed by atoms with Gasteiger partial charge >= 0.3 is 5.97 Å². The number of carboxylic acids is 1. The zero-order valence-corrected chi connectivity index (χ0v) is 14.4. The summed E-state index contributed by atoms with van der Waals surface area (Å²) in [4.78, 5) is 17.5. The molecule has 3 aromatic rings. The molecule has 136 valence electrons. The molecule has 0 aliphatic carbocycles. The molecule has 8 heteroatoms. The van der Waals surface area contributed by atoms with E-state index in [2.05, 4.69) is 9.97 Å². The molecule has 2 heterocycles. The Kier molecular flexibility index (Phi) is 5.08. The van der Waals surface area contributed by atoms with E-state index in [0.717, 1.165) is 0 Å². The second-order valence-electron chi connectivity index (χ2n) is 5.92. The minimum absolute atomic E-state index is 0.0132. The summed E-state index contributed by atoms with van der Waals surface area (Å²) in [5.74, 6) is -2.41. The van der Waals surface area contributed by atoms with Crippen molar-refractivity contribution < 1.29 is 18.7 Å². The monoisotopic (exact) mass is 379 g/mol. The molecule has 0 amide bonds. The number of fused-ring (bicyclic) bond motifs is 1. The van der Waals surface area contributed by atoms with Gasteiger partial charge in [-0.25, -0.2) is 13.8 Å². The predicted molar refractivity (Wildman–Crippen MR) is 96.1 cm³/mol. The number of aliphatic carboxylic acids is 1. The van der Waals surface area contributed by atoms with E-state index in [-0.39, 0.29) is 33.9 Å². The molecule has 5 nitrogen and oxygen atoms in total. The van der Waals surface area contributed by atoms with Gasteiger partial charge in [0.1, 0.15) is 5.69 Å². The van der Waals surface area contributed by atoms with Crippen LogP contribution in [0.15, 0.2) is 24.4 Å². The third-order valence-corrected chi connectivity index (χ3v) is 4.58. The van der Waals surface area contributed by atoms with E-state index in [0.29, 0.717) is 30.3 Å². The maximum absolute atomic E-state index is 14.8. The van der Waals surface area contributed by atoms with Gasteiger partial charge in [-0.3, -0.25) is 4.79 Å². The average Bonchev–Trinajstić information content (AvgIpc) is 3.09. The standard InChI is InChI=1S/C18H16ClF2N3O2/c19-13-11(3-1-2-4-12(25)26)24-18(15(21)16(13)22)10-6-5-9-7-8-23-17(9)14(10)20/h5-8,23H,1-4H2,(H2,22,24)(H,25,26). The Hall–Kier alpha value is -2.67. The van der Waals surface area contributed by atoms with Crippen LogP contribution >= 0.6 is 11.6 Å². The van der Waals surface area contributed by atoms with Gasteiger partial charge in [-0.05, 0) is 31.4 Å². The van der Waals surface area contributed by atoms with Crippen LogP contribution in [-0.2, 0) is 11.2 Å². The Balaban J connectivity index is 2.00. The number of hydrogen-bond acceptors (Lipinski definition) is 3. The van der Waals surface area contributed by atoms with E-state index in [9.17, 15) is 13.6 Å². The number of aryl methyl sites for hydroxylation is 1. The van der Waals surface area contributed by atoms with E-state index in [1.165, 1.54) is 6.07 Å². The molecular weight excluding hydrogens is 364 g/mol. The van der Waals surface area contributed by atoms with E-state index in [1.54, 1.807) is 18.3 Å². The molecule has 0 fully saturated rings. The van der Waals surface area contributed by atoms with Crippen LogP contribution in [0.4, 0.5) is 14.5 Å². The van der Waals surface area contributed by atoms with Gasteiger partial charge in [0, 0.05) is 23.6 Å². The molecule has 0 spiro atoms. The molecule has 4 N–H and O–H groups in total. The number of nitrogens with zero attached hydrogens (tertiary/aromatic N) is 1. The number of nitrogen functional groups attached to an aromatic ring is 1. The van der Waals surface area contributed by atoms with Crippen LogP contribution < -0.4 is 5.73 Å². The van der Waals surface area contributed by atoms with E-state index in [4.69, 9.17) is 22.4 Å². The molecule has 0 saturated carbocycles. The molecule has 0 aliphatic heterocycles. The maximum atomic E-state index is 14.8. The maximum Gasteiger partial charge on any atom is 0.303 e. The van der Waals surface area contributed by atoms with E-state index < -0.39 is 17.6 Å². The van der Waals surface area contributed by atoms with Gasteiger partial charge in [-0.2, -0.15) is 0 Å². The first kappa shape index (κ1) is 18.1. The number of H-pyrrole nitrogens is 1. The Morgan fingerprint density at radius 3 is 2.73 bits per heavy atom. The Morgan fingerprint density at radius 1 is 1.23 bits per heavy atom. The zero-order chi connectivity index (χ0) is 18.8. The molecule has 0 bridgehead atoms. The van der Waals surface area contributed by atoms with Crippen molar-refractivity contribution in [2.24, 2.45) is 0 Å².